The molecule has 3 N–H and O–H groups in total. The molecular formula is C14H22N2O2. The van der Waals surface area contributed by atoms with E-state index in [1.807, 2.05) is 31.2 Å². The SMILES string of the molecule is COCc1cccc(NC(=O)C(C)CCCN)c1. The number of hydrogen-bond donors (Lipinski definition) is 2. The number of nitrogens with one attached hydrogen (secondary N) is 1. The molecule has 4 nitrogen and oxygen atoms in total. The molecule has 100 valence electrons. The molecule has 1 unspecified atom stereocenters. The second-order valence-electron chi connectivity index (χ2n) is 4.45. The molecule has 0 aliphatic rings. The van der Waals surface area contributed by atoms with Gasteiger partial charge in [-0.3, -0.25) is 4.79 Å². The first-order chi connectivity index (χ1) is 8.67. The summed E-state index contributed by atoms with van der Waals surface area (Å²) in [6.45, 7) is 3.09. The van der Waals surface area contributed by atoms with Crippen LogP contribution in [0.4, 0.5) is 5.69 Å². The van der Waals surface area contributed by atoms with Crippen molar-refractivity contribution in [2.24, 2.45) is 11.7 Å². The Bertz CT molecular complexity index is 380. The highest BCUT2D eigenvalue weighted by Crippen LogP contribution is 2.14. The number of ether oxygens (including phenoxy) is 1. The number of methoxy groups -OCH3 is 1. The maximum Gasteiger partial charge on any atom is 0.227 e. The zero-order valence-corrected chi connectivity index (χ0v) is 11.1. The van der Waals surface area contributed by atoms with Gasteiger partial charge in [0.15, 0.2) is 0 Å². The topological polar surface area (TPSA) is 64.3 Å². The van der Waals surface area contributed by atoms with Gasteiger partial charge in [0.2, 0.25) is 5.91 Å². The Morgan fingerprint density at radius 1 is 1.50 bits per heavy atom. The second kappa shape index (κ2) is 7.84. The van der Waals surface area contributed by atoms with Gasteiger partial charge in [-0.15, -0.1) is 0 Å². The first-order valence-electron chi connectivity index (χ1n) is 6.26. The van der Waals surface area contributed by atoms with Crippen molar-refractivity contribution in [1.29, 1.82) is 0 Å². The number of amides is 1. The molecule has 0 aliphatic carbocycles. The van der Waals surface area contributed by atoms with Crippen molar-refractivity contribution in [3.8, 4) is 0 Å². The van der Waals surface area contributed by atoms with E-state index < -0.39 is 0 Å². The van der Waals surface area contributed by atoms with Gasteiger partial charge in [0.05, 0.1) is 6.61 Å². The molecule has 0 spiro atoms. The fraction of sp³-hybridized carbons (Fsp3) is 0.500. The molecule has 18 heavy (non-hydrogen) atoms. The molecule has 4 heteroatoms. The molecule has 0 heterocycles. The summed E-state index contributed by atoms with van der Waals surface area (Å²) in [5, 5.41) is 2.91. The number of nitrogens with two attached hydrogens (primary N) is 1. The minimum absolute atomic E-state index is 0.0142. The average Bonchev–Trinajstić information content (AvgIpc) is 2.36. The Hall–Kier alpha value is -1.39. The van der Waals surface area contributed by atoms with Gasteiger partial charge in [0.1, 0.15) is 0 Å². The van der Waals surface area contributed by atoms with E-state index in [0.29, 0.717) is 13.2 Å². The molecule has 1 rings (SSSR count). The molecule has 0 radical (unpaired) electrons. The quantitative estimate of drug-likeness (QED) is 0.779. The summed E-state index contributed by atoms with van der Waals surface area (Å²) in [6, 6.07) is 7.69. The number of benzene rings is 1. The van der Waals surface area contributed by atoms with Crippen molar-refractivity contribution >= 4 is 11.6 Å². The zero-order chi connectivity index (χ0) is 13.4. The van der Waals surface area contributed by atoms with Gasteiger partial charge in [-0.1, -0.05) is 19.1 Å². The van der Waals surface area contributed by atoms with E-state index in [1.165, 1.54) is 0 Å². The van der Waals surface area contributed by atoms with Crippen LogP contribution >= 0.6 is 0 Å². The third-order valence-corrected chi connectivity index (χ3v) is 2.79. The first kappa shape index (κ1) is 14.7. The van der Waals surface area contributed by atoms with Gasteiger partial charge in [-0.25, -0.2) is 0 Å². The van der Waals surface area contributed by atoms with Crippen LogP contribution in [-0.4, -0.2) is 19.6 Å². The molecule has 0 aromatic heterocycles. The fourth-order valence-corrected chi connectivity index (χ4v) is 1.73. The second-order valence-corrected chi connectivity index (χ2v) is 4.45. The van der Waals surface area contributed by atoms with Gasteiger partial charge >= 0.3 is 0 Å². The number of hydrogen-bond acceptors (Lipinski definition) is 3. The maximum atomic E-state index is 11.9. The Morgan fingerprint density at radius 2 is 2.28 bits per heavy atom. The van der Waals surface area contributed by atoms with Crippen LogP contribution in [0.2, 0.25) is 0 Å². The van der Waals surface area contributed by atoms with Crippen molar-refractivity contribution in [2.75, 3.05) is 19.0 Å². The van der Waals surface area contributed by atoms with E-state index in [9.17, 15) is 4.79 Å². The minimum Gasteiger partial charge on any atom is -0.380 e. The molecule has 0 saturated carbocycles. The zero-order valence-electron chi connectivity index (χ0n) is 11.1. The highest BCUT2D eigenvalue weighted by Gasteiger charge is 2.12. The smallest absolute Gasteiger partial charge is 0.227 e. The van der Waals surface area contributed by atoms with Crippen LogP contribution in [0.15, 0.2) is 24.3 Å². The van der Waals surface area contributed by atoms with Gasteiger partial charge in [-0.05, 0) is 37.1 Å². The van der Waals surface area contributed by atoms with Crippen LogP contribution in [0.3, 0.4) is 0 Å². The van der Waals surface area contributed by atoms with Crippen molar-refractivity contribution in [1.82, 2.24) is 0 Å². The van der Waals surface area contributed by atoms with E-state index in [4.69, 9.17) is 10.5 Å². The first-order valence-corrected chi connectivity index (χ1v) is 6.26. The predicted molar refractivity (Wildman–Crippen MR) is 73.2 cm³/mol. The molecule has 0 saturated heterocycles. The molecule has 0 fully saturated rings. The summed E-state index contributed by atoms with van der Waals surface area (Å²) in [5.41, 5.74) is 7.30. The Labute approximate surface area is 109 Å². The number of carbonyl (C=O) groups is 1. The maximum absolute atomic E-state index is 11.9. The average molecular weight is 250 g/mol. The summed E-state index contributed by atoms with van der Waals surface area (Å²) >= 11 is 0. The standard InChI is InChI=1S/C14H22N2O2/c1-11(5-4-8-15)14(17)16-13-7-3-6-12(9-13)10-18-2/h3,6-7,9,11H,4-5,8,10,15H2,1-2H3,(H,16,17). The van der Waals surface area contributed by atoms with Crippen LogP contribution in [-0.2, 0) is 16.1 Å². The lowest BCUT2D eigenvalue weighted by atomic mass is 10.0. The van der Waals surface area contributed by atoms with Crippen molar-refractivity contribution in [2.45, 2.75) is 26.4 Å². The van der Waals surface area contributed by atoms with Crippen LogP contribution < -0.4 is 11.1 Å². The Morgan fingerprint density at radius 3 is 2.94 bits per heavy atom. The molecule has 0 bridgehead atoms. The van der Waals surface area contributed by atoms with Crippen LogP contribution in [0.5, 0.6) is 0 Å². The van der Waals surface area contributed by atoms with Gasteiger partial charge in [0, 0.05) is 18.7 Å². The van der Waals surface area contributed by atoms with E-state index in [1.54, 1.807) is 7.11 Å². The highest BCUT2D eigenvalue weighted by molar-refractivity contribution is 5.92. The lowest BCUT2D eigenvalue weighted by Gasteiger charge is -2.12. The van der Waals surface area contributed by atoms with E-state index in [-0.39, 0.29) is 11.8 Å². The van der Waals surface area contributed by atoms with Crippen molar-refractivity contribution in [3.63, 3.8) is 0 Å². The van der Waals surface area contributed by atoms with Gasteiger partial charge < -0.3 is 15.8 Å². The predicted octanol–water partition coefficient (Wildman–Crippen LogP) is 2.15. The number of anilines is 1. The highest BCUT2D eigenvalue weighted by atomic mass is 16.5. The summed E-state index contributed by atoms with van der Waals surface area (Å²) < 4.78 is 5.06. The lowest BCUT2D eigenvalue weighted by Crippen LogP contribution is -2.21. The van der Waals surface area contributed by atoms with Crippen LogP contribution in [0.1, 0.15) is 25.3 Å². The molecule has 1 aromatic carbocycles. The molecule has 1 aromatic rings. The fourth-order valence-electron chi connectivity index (χ4n) is 1.73. The Kier molecular flexibility index (Phi) is 6.39. The molecule has 0 aliphatic heterocycles. The van der Waals surface area contributed by atoms with Crippen molar-refractivity contribution < 1.29 is 9.53 Å². The third kappa shape index (κ3) is 4.85. The lowest BCUT2D eigenvalue weighted by molar-refractivity contribution is -0.119. The Balaban J connectivity index is 2.55. The summed E-state index contributed by atoms with van der Waals surface area (Å²) in [4.78, 5) is 11.9. The molecule has 1 amide bonds. The van der Waals surface area contributed by atoms with Gasteiger partial charge in [0.25, 0.3) is 0 Å². The number of rotatable bonds is 7. The monoisotopic (exact) mass is 250 g/mol. The van der Waals surface area contributed by atoms with E-state index in [0.717, 1.165) is 24.1 Å². The van der Waals surface area contributed by atoms with E-state index >= 15 is 0 Å². The number of carbonyl (C=O) groups excluding carboxylic acids is 1. The van der Waals surface area contributed by atoms with Gasteiger partial charge in [-0.2, -0.15) is 0 Å². The van der Waals surface area contributed by atoms with Crippen LogP contribution in [0.25, 0.3) is 0 Å². The summed E-state index contributed by atoms with van der Waals surface area (Å²) in [6.07, 6.45) is 1.69. The van der Waals surface area contributed by atoms with Crippen LogP contribution in [0, 0.1) is 5.92 Å². The normalized spacial score (nSPS) is 12.2. The minimum atomic E-state index is -0.0142. The van der Waals surface area contributed by atoms with E-state index in [2.05, 4.69) is 5.32 Å². The largest absolute Gasteiger partial charge is 0.380 e. The molecule has 1 atom stereocenters. The summed E-state index contributed by atoms with van der Waals surface area (Å²) in [5.74, 6) is 0.0256. The van der Waals surface area contributed by atoms with Crippen molar-refractivity contribution in [3.05, 3.63) is 29.8 Å². The molecular weight excluding hydrogens is 228 g/mol. The third-order valence-electron chi connectivity index (χ3n) is 2.79. The summed E-state index contributed by atoms with van der Waals surface area (Å²) in [7, 11) is 1.65.